The number of methoxy groups -OCH3 is 1. The molecule has 5 heteroatoms. The molecule has 2 rings (SSSR count). The van der Waals surface area contributed by atoms with Crippen LogP contribution in [0.3, 0.4) is 0 Å². The Morgan fingerprint density at radius 2 is 1.65 bits per heavy atom. The maximum Gasteiger partial charge on any atom is 0.253 e. The van der Waals surface area contributed by atoms with Crippen molar-refractivity contribution in [2.45, 2.75) is 53.4 Å². The van der Waals surface area contributed by atoms with Crippen molar-refractivity contribution in [2.75, 3.05) is 26.9 Å². The highest BCUT2D eigenvalue weighted by Crippen LogP contribution is 2.46. The number of carbonyl (C=O) groups excluding carboxylic acids is 2. The lowest BCUT2D eigenvalue weighted by atomic mass is 9.69. The Morgan fingerprint density at radius 3 is 2.19 bits per heavy atom. The lowest BCUT2D eigenvalue weighted by Crippen LogP contribution is -2.40. The van der Waals surface area contributed by atoms with Crippen LogP contribution in [-0.2, 0) is 14.3 Å². The third kappa shape index (κ3) is 5.40. The van der Waals surface area contributed by atoms with Gasteiger partial charge in [-0.05, 0) is 54.3 Å². The van der Waals surface area contributed by atoms with Crippen molar-refractivity contribution in [3.63, 3.8) is 0 Å². The summed E-state index contributed by atoms with van der Waals surface area (Å²) in [5, 5.41) is 9.77. The van der Waals surface area contributed by atoms with Gasteiger partial charge in [-0.25, -0.2) is 0 Å². The van der Waals surface area contributed by atoms with Crippen LogP contribution in [-0.4, -0.2) is 48.7 Å². The molecule has 3 atom stereocenters. The largest absolute Gasteiger partial charge is 0.396 e. The van der Waals surface area contributed by atoms with Crippen LogP contribution in [0.4, 0.5) is 0 Å². The molecule has 0 bridgehead atoms. The van der Waals surface area contributed by atoms with Crippen molar-refractivity contribution in [2.24, 2.45) is 28.6 Å². The average molecular weight is 366 g/mol. The van der Waals surface area contributed by atoms with Crippen molar-refractivity contribution in [1.29, 1.82) is 0 Å². The van der Waals surface area contributed by atoms with Crippen molar-refractivity contribution < 1.29 is 19.4 Å². The van der Waals surface area contributed by atoms with Gasteiger partial charge in [0.25, 0.3) is 11.8 Å². The van der Waals surface area contributed by atoms with E-state index < -0.39 is 0 Å². The molecule has 0 radical (unpaired) electrons. The van der Waals surface area contributed by atoms with Gasteiger partial charge in [-0.2, -0.15) is 0 Å². The van der Waals surface area contributed by atoms with Crippen LogP contribution in [0, 0.1) is 28.6 Å². The third-order valence-corrected chi connectivity index (χ3v) is 5.83. The number of aliphatic hydroxyl groups is 1. The number of ether oxygens (including phenoxy) is 1. The van der Waals surface area contributed by atoms with Gasteiger partial charge >= 0.3 is 0 Å². The average Bonchev–Trinajstić information content (AvgIpc) is 3.03. The summed E-state index contributed by atoms with van der Waals surface area (Å²) in [6.45, 7) is 10.2. The predicted molar refractivity (Wildman–Crippen MR) is 101 cm³/mol. The fourth-order valence-corrected chi connectivity index (χ4v) is 5.33. The number of amides is 2. The highest BCUT2D eigenvalue weighted by molar-refractivity contribution is 6.12. The number of aliphatic hydroxyl groups excluding tert-OH is 1. The van der Waals surface area contributed by atoms with Crippen LogP contribution in [0.25, 0.3) is 0 Å². The minimum atomic E-state index is -0.209. The predicted octanol–water partition coefficient (Wildman–Crippen LogP) is 3.03. The normalized spacial score (nSPS) is 27.0. The molecule has 0 aromatic carbocycles. The van der Waals surface area contributed by atoms with Crippen molar-refractivity contribution >= 4 is 11.8 Å². The van der Waals surface area contributed by atoms with Crippen molar-refractivity contribution in [3.05, 3.63) is 12.2 Å². The van der Waals surface area contributed by atoms with Gasteiger partial charge in [0.2, 0.25) is 0 Å². The van der Waals surface area contributed by atoms with E-state index in [0.717, 1.165) is 32.3 Å². The fourth-order valence-electron chi connectivity index (χ4n) is 5.33. The Kier molecular flexibility index (Phi) is 6.67. The Hall–Kier alpha value is -1.20. The molecule has 26 heavy (non-hydrogen) atoms. The minimum Gasteiger partial charge on any atom is -0.396 e. The first-order valence-electron chi connectivity index (χ1n) is 9.70. The first kappa shape index (κ1) is 21.1. The van der Waals surface area contributed by atoms with Gasteiger partial charge < -0.3 is 9.84 Å². The molecule has 1 N–H and O–H groups in total. The number of imide groups is 1. The smallest absolute Gasteiger partial charge is 0.253 e. The highest BCUT2D eigenvalue weighted by atomic mass is 16.5. The second-order valence-corrected chi connectivity index (χ2v) is 9.80. The monoisotopic (exact) mass is 365 g/mol. The summed E-state index contributed by atoms with van der Waals surface area (Å²) in [6.07, 6.45) is 6.81. The van der Waals surface area contributed by atoms with Crippen LogP contribution in [0.2, 0.25) is 0 Å². The molecule has 1 heterocycles. The van der Waals surface area contributed by atoms with Crippen LogP contribution in [0.1, 0.15) is 53.4 Å². The lowest BCUT2D eigenvalue weighted by Gasteiger charge is -2.39. The SMILES string of the molecule is COCC1CC(CO)C(CC(C)(C)CC(C)(C)CN2C(=O)C=CC2=O)C1. The van der Waals surface area contributed by atoms with E-state index >= 15 is 0 Å². The van der Waals surface area contributed by atoms with Gasteiger partial charge in [0, 0.05) is 39.0 Å². The van der Waals surface area contributed by atoms with E-state index in [1.165, 1.54) is 17.1 Å². The molecule has 3 unspecified atom stereocenters. The van der Waals surface area contributed by atoms with E-state index in [1.54, 1.807) is 7.11 Å². The van der Waals surface area contributed by atoms with Gasteiger partial charge in [-0.15, -0.1) is 0 Å². The summed E-state index contributed by atoms with van der Waals surface area (Å²) in [7, 11) is 1.74. The molecular weight excluding hydrogens is 330 g/mol. The molecule has 1 fully saturated rings. The quantitative estimate of drug-likeness (QED) is 0.638. The zero-order chi connectivity index (χ0) is 19.5. The first-order valence-corrected chi connectivity index (χ1v) is 9.70. The molecule has 1 aliphatic carbocycles. The Labute approximate surface area is 157 Å². The lowest BCUT2D eigenvalue weighted by molar-refractivity contribution is -0.138. The van der Waals surface area contributed by atoms with Gasteiger partial charge in [-0.3, -0.25) is 14.5 Å². The van der Waals surface area contributed by atoms with Crippen molar-refractivity contribution in [3.8, 4) is 0 Å². The van der Waals surface area contributed by atoms with E-state index in [-0.39, 0.29) is 29.3 Å². The summed E-state index contributed by atoms with van der Waals surface area (Å²) < 4.78 is 5.32. The summed E-state index contributed by atoms with van der Waals surface area (Å²) in [5.74, 6) is 0.974. The second kappa shape index (κ2) is 8.22. The highest BCUT2D eigenvalue weighted by Gasteiger charge is 2.40. The number of nitrogens with zero attached hydrogens (tertiary/aromatic N) is 1. The summed E-state index contributed by atoms with van der Waals surface area (Å²) in [6, 6.07) is 0. The summed E-state index contributed by atoms with van der Waals surface area (Å²) in [5.41, 5.74) is -0.0805. The van der Waals surface area contributed by atoms with Crippen LogP contribution in [0.5, 0.6) is 0 Å². The number of carbonyl (C=O) groups is 2. The first-order chi connectivity index (χ1) is 12.1. The van der Waals surface area contributed by atoms with Crippen molar-refractivity contribution in [1.82, 2.24) is 4.90 Å². The molecule has 0 aromatic heterocycles. The molecule has 0 saturated heterocycles. The Bertz CT molecular complexity index is 534. The number of hydrogen-bond donors (Lipinski definition) is 1. The van der Waals surface area contributed by atoms with Gasteiger partial charge in [0.05, 0.1) is 0 Å². The molecule has 1 saturated carbocycles. The molecule has 1 aliphatic heterocycles. The standard InChI is InChI=1S/C21H35NO4/c1-20(2,10-16-8-15(12-26-5)9-17(16)11-23)13-21(3,4)14-22-18(24)6-7-19(22)25/h6-7,15-17,23H,8-14H2,1-5H3. The van der Waals surface area contributed by atoms with E-state index in [4.69, 9.17) is 4.74 Å². The van der Waals surface area contributed by atoms with E-state index in [0.29, 0.717) is 24.3 Å². The minimum absolute atomic E-state index is 0.0722. The van der Waals surface area contributed by atoms with Gasteiger partial charge in [0.1, 0.15) is 0 Å². The second-order valence-electron chi connectivity index (χ2n) is 9.80. The summed E-state index contributed by atoms with van der Waals surface area (Å²) in [4.78, 5) is 25.1. The van der Waals surface area contributed by atoms with E-state index in [1.807, 2.05) is 0 Å². The molecule has 0 spiro atoms. The van der Waals surface area contributed by atoms with Crippen LogP contribution in [0.15, 0.2) is 12.2 Å². The van der Waals surface area contributed by atoms with Crippen LogP contribution < -0.4 is 0 Å². The Morgan fingerprint density at radius 1 is 1.08 bits per heavy atom. The molecular formula is C21H35NO4. The number of hydrogen-bond acceptors (Lipinski definition) is 4. The summed E-state index contributed by atoms with van der Waals surface area (Å²) >= 11 is 0. The third-order valence-electron chi connectivity index (χ3n) is 5.83. The molecule has 2 aliphatic rings. The maximum atomic E-state index is 11.9. The zero-order valence-electron chi connectivity index (χ0n) is 17.0. The van der Waals surface area contributed by atoms with Gasteiger partial charge in [0.15, 0.2) is 0 Å². The molecule has 0 aromatic rings. The van der Waals surface area contributed by atoms with E-state index in [9.17, 15) is 14.7 Å². The fraction of sp³-hybridized carbons (Fsp3) is 0.810. The van der Waals surface area contributed by atoms with Crippen LogP contribution >= 0.6 is 0 Å². The molecule has 5 nitrogen and oxygen atoms in total. The van der Waals surface area contributed by atoms with E-state index in [2.05, 4.69) is 27.7 Å². The molecule has 148 valence electrons. The number of rotatable bonds is 9. The topological polar surface area (TPSA) is 66.8 Å². The molecule has 2 amide bonds. The zero-order valence-corrected chi connectivity index (χ0v) is 17.0. The maximum absolute atomic E-state index is 11.9. The van der Waals surface area contributed by atoms with Gasteiger partial charge in [-0.1, -0.05) is 27.7 Å². The Balaban J connectivity index is 1.96.